The molecule has 1 aromatic heterocycles. The smallest absolute Gasteiger partial charge is 0.313 e. The number of benzene rings is 1. The van der Waals surface area contributed by atoms with Crippen molar-refractivity contribution in [3.05, 3.63) is 46.6 Å². The highest BCUT2D eigenvalue weighted by atomic mass is 35.5. The molecule has 0 atom stereocenters. The van der Waals surface area contributed by atoms with Crippen LogP contribution in [0.1, 0.15) is 18.4 Å². The van der Waals surface area contributed by atoms with Gasteiger partial charge in [-0.3, -0.25) is 9.59 Å². The summed E-state index contributed by atoms with van der Waals surface area (Å²) < 4.78 is 18.5. The third-order valence-electron chi connectivity index (χ3n) is 2.78. The predicted molar refractivity (Wildman–Crippen MR) is 77.8 cm³/mol. The van der Waals surface area contributed by atoms with Crippen LogP contribution in [0.4, 0.5) is 10.1 Å². The average molecular weight is 326 g/mol. The van der Waals surface area contributed by atoms with Gasteiger partial charge in [-0.15, -0.1) is 0 Å². The Morgan fingerprint density at radius 2 is 2.09 bits per heavy atom. The molecule has 116 valence electrons. The fourth-order valence-electron chi connectivity index (χ4n) is 1.62. The second-order valence-electron chi connectivity index (χ2n) is 4.40. The van der Waals surface area contributed by atoms with E-state index < -0.39 is 17.6 Å². The average Bonchev–Trinajstić information content (AvgIpc) is 2.95. The summed E-state index contributed by atoms with van der Waals surface area (Å²) >= 11 is 5.60. The fraction of sp³-hybridized carbons (Fsp3) is 0.214. The van der Waals surface area contributed by atoms with Crippen LogP contribution < -0.4 is 10.6 Å². The molecule has 8 heteroatoms. The lowest BCUT2D eigenvalue weighted by atomic mass is 10.3. The van der Waals surface area contributed by atoms with Gasteiger partial charge in [-0.25, -0.2) is 4.39 Å². The molecule has 0 bridgehead atoms. The van der Waals surface area contributed by atoms with E-state index in [1.165, 1.54) is 12.1 Å². The molecule has 0 fully saturated rings. The highest BCUT2D eigenvalue weighted by Crippen LogP contribution is 2.18. The van der Waals surface area contributed by atoms with Crippen molar-refractivity contribution in [2.75, 3.05) is 5.32 Å². The van der Waals surface area contributed by atoms with E-state index in [9.17, 15) is 14.0 Å². The summed E-state index contributed by atoms with van der Waals surface area (Å²) in [5.74, 6) is -2.20. The van der Waals surface area contributed by atoms with E-state index in [1.807, 2.05) is 6.92 Å². The number of aromatic nitrogens is 1. The summed E-state index contributed by atoms with van der Waals surface area (Å²) in [7, 11) is 0. The van der Waals surface area contributed by atoms with E-state index in [4.69, 9.17) is 16.1 Å². The summed E-state index contributed by atoms with van der Waals surface area (Å²) in [6.45, 7) is 1.93. The fourth-order valence-corrected chi connectivity index (χ4v) is 1.78. The highest BCUT2D eigenvalue weighted by molar-refractivity contribution is 6.39. The highest BCUT2D eigenvalue weighted by Gasteiger charge is 2.16. The molecule has 2 rings (SSSR count). The van der Waals surface area contributed by atoms with E-state index in [2.05, 4.69) is 15.8 Å². The van der Waals surface area contributed by atoms with Crippen molar-refractivity contribution in [2.45, 2.75) is 19.9 Å². The first-order valence-electron chi connectivity index (χ1n) is 6.48. The molecule has 0 aliphatic carbocycles. The number of nitrogens with one attached hydrogen (secondary N) is 2. The summed E-state index contributed by atoms with van der Waals surface area (Å²) in [6.07, 6.45) is 0.702. The number of rotatable bonds is 4. The topological polar surface area (TPSA) is 84.2 Å². The Morgan fingerprint density at radius 1 is 1.32 bits per heavy atom. The van der Waals surface area contributed by atoms with Crippen molar-refractivity contribution in [3.63, 3.8) is 0 Å². The van der Waals surface area contributed by atoms with Crippen molar-refractivity contribution in [1.82, 2.24) is 10.5 Å². The molecule has 0 spiro atoms. The number of nitrogens with zero attached hydrogens (tertiary/aromatic N) is 1. The van der Waals surface area contributed by atoms with Crippen LogP contribution >= 0.6 is 11.6 Å². The van der Waals surface area contributed by atoms with Crippen molar-refractivity contribution in [3.8, 4) is 0 Å². The normalized spacial score (nSPS) is 10.3. The largest absolute Gasteiger partial charge is 0.359 e. The monoisotopic (exact) mass is 325 g/mol. The van der Waals surface area contributed by atoms with Crippen molar-refractivity contribution in [1.29, 1.82) is 0 Å². The van der Waals surface area contributed by atoms with Crippen molar-refractivity contribution >= 4 is 29.1 Å². The molecular formula is C14H13ClFN3O3. The van der Waals surface area contributed by atoms with E-state index in [0.29, 0.717) is 12.2 Å². The minimum Gasteiger partial charge on any atom is -0.359 e. The second-order valence-corrected chi connectivity index (χ2v) is 4.84. The summed E-state index contributed by atoms with van der Waals surface area (Å²) in [5, 5.41) is 8.46. The molecule has 1 aromatic carbocycles. The lowest BCUT2D eigenvalue weighted by molar-refractivity contribution is -0.136. The van der Waals surface area contributed by atoms with Crippen LogP contribution in [0, 0.1) is 5.82 Å². The van der Waals surface area contributed by atoms with Crippen LogP contribution in [0.2, 0.25) is 5.02 Å². The quantitative estimate of drug-likeness (QED) is 0.845. The molecule has 0 unspecified atom stereocenters. The molecular weight excluding hydrogens is 313 g/mol. The standard InChI is InChI=1S/C14H13ClFN3O3/c1-2-9-6-10(22-19-9)7-17-13(20)14(21)18-12-4-3-8(15)5-11(12)16/h3-6H,2,7H2,1H3,(H,17,20)(H,18,21). The Morgan fingerprint density at radius 3 is 2.73 bits per heavy atom. The molecule has 0 saturated carbocycles. The van der Waals surface area contributed by atoms with Gasteiger partial charge in [-0.05, 0) is 24.6 Å². The number of halogens is 2. The third-order valence-corrected chi connectivity index (χ3v) is 3.01. The first-order valence-corrected chi connectivity index (χ1v) is 6.86. The summed E-state index contributed by atoms with van der Waals surface area (Å²) in [4.78, 5) is 23.3. The molecule has 0 saturated heterocycles. The molecule has 2 N–H and O–H groups in total. The van der Waals surface area contributed by atoms with Gasteiger partial charge < -0.3 is 15.2 Å². The molecule has 22 heavy (non-hydrogen) atoms. The van der Waals surface area contributed by atoms with Gasteiger partial charge in [0.25, 0.3) is 0 Å². The molecule has 1 heterocycles. The van der Waals surface area contributed by atoms with Crippen molar-refractivity contribution < 1.29 is 18.5 Å². The lowest BCUT2D eigenvalue weighted by Crippen LogP contribution is -2.35. The molecule has 0 aliphatic heterocycles. The number of anilines is 1. The van der Waals surface area contributed by atoms with Crippen LogP contribution in [0.5, 0.6) is 0 Å². The Balaban J connectivity index is 1.90. The van der Waals surface area contributed by atoms with Gasteiger partial charge in [0.05, 0.1) is 17.9 Å². The van der Waals surface area contributed by atoms with E-state index in [-0.39, 0.29) is 17.3 Å². The van der Waals surface area contributed by atoms with Gasteiger partial charge in [0, 0.05) is 11.1 Å². The number of hydrogen-bond acceptors (Lipinski definition) is 4. The maximum Gasteiger partial charge on any atom is 0.313 e. The van der Waals surface area contributed by atoms with Gasteiger partial charge in [0.2, 0.25) is 0 Å². The van der Waals surface area contributed by atoms with E-state index in [1.54, 1.807) is 6.07 Å². The molecule has 0 aliphatic rings. The molecule has 2 amide bonds. The van der Waals surface area contributed by atoms with Gasteiger partial charge in [-0.1, -0.05) is 23.7 Å². The third kappa shape index (κ3) is 4.05. The summed E-state index contributed by atoms with van der Waals surface area (Å²) in [5.41, 5.74) is 0.620. The van der Waals surface area contributed by atoms with E-state index >= 15 is 0 Å². The van der Waals surface area contributed by atoms with Gasteiger partial charge in [0.1, 0.15) is 5.82 Å². The molecule has 0 radical (unpaired) electrons. The first-order chi connectivity index (χ1) is 10.5. The number of aryl methyl sites for hydroxylation is 1. The zero-order valence-electron chi connectivity index (χ0n) is 11.7. The SMILES string of the molecule is CCc1cc(CNC(=O)C(=O)Nc2ccc(Cl)cc2F)on1. The predicted octanol–water partition coefficient (Wildman–Crippen LogP) is 2.28. The van der Waals surface area contributed by atoms with Crippen LogP contribution in [0.25, 0.3) is 0 Å². The maximum absolute atomic E-state index is 13.5. The van der Waals surface area contributed by atoms with Crippen LogP contribution in [0.15, 0.2) is 28.8 Å². The number of amides is 2. The van der Waals surface area contributed by atoms with Gasteiger partial charge in [-0.2, -0.15) is 0 Å². The second kappa shape index (κ2) is 7.04. The summed E-state index contributed by atoms with van der Waals surface area (Å²) in [6, 6.07) is 5.39. The minimum absolute atomic E-state index is 0.0162. The zero-order valence-corrected chi connectivity index (χ0v) is 12.4. The minimum atomic E-state index is -0.989. The lowest BCUT2D eigenvalue weighted by Gasteiger charge is -2.06. The maximum atomic E-state index is 13.5. The first kappa shape index (κ1) is 16.0. The van der Waals surface area contributed by atoms with Gasteiger partial charge in [0.15, 0.2) is 5.76 Å². The molecule has 2 aromatic rings. The zero-order chi connectivity index (χ0) is 16.1. The van der Waals surface area contributed by atoms with E-state index in [0.717, 1.165) is 11.8 Å². The number of carbonyl (C=O) groups is 2. The Hall–Kier alpha value is -2.41. The number of hydrogen-bond donors (Lipinski definition) is 2. The Labute approximate surface area is 130 Å². The van der Waals surface area contributed by atoms with Crippen molar-refractivity contribution in [2.24, 2.45) is 0 Å². The van der Waals surface area contributed by atoms with Crippen LogP contribution in [-0.2, 0) is 22.6 Å². The number of carbonyl (C=O) groups excluding carboxylic acids is 2. The Kier molecular flexibility index (Phi) is 5.11. The molecule has 6 nitrogen and oxygen atoms in total. The van der Waals surface area contributed by atoms with Crippen LogP contribution in [0.3, 0.4) is 0 Å². The van der Waals surface area contributed by atoms with Crippen LogP contribution in [-0.4, -0.2) is 17.0 Å². The Bertz CT molecular complexity index is 702. The van der Waals surface area contributed by atoms with Gasteiger partial charge >= 0.3 is 11.8 Å².